The van der Waals surface area contributed by atoms with E-state index >= 15 is 0 Å². The fourth-order valence-electron chi connectivity index (χ4n) is 2.00. The van der Waals surface area contributed by atoms with E-state index in [4.69, 9.17) is 5.73 Å². The first-order valence-electron chi connectivity index (χ1n) is 4.92. The summed E-state index contributed by atoms with van der Waals surface area (Å²) < 4.78 is 24.4. The van der Waals surface area contributed by atoms with Gasteiger partial charge in [0.25, 0.3) is 0 Å². The summed E-state index contributed by atoms with van der Waals surface area (Å²) in [5, 5.41) is 4.28. The smallest absolute Gasteiger partial charge is 0.152 e. The van der Waals surface area contributed by atoms with Crippen molar-refractivity contribution in [2.45, 2.75) is 26.3 Å². The number of nitrogen functional groups attached to an aromatic ring is 1. The summed E-state index contributed by atoms with van der Waals surface area (Å²) >= 11 is 0. The van der Waals surface area contributed by atoms with Crippen molar-refractivity contribution in [3.8, 4) is 0 Å². The van der Waals surface area contributed by atoms with Crippen LogP contribution in [-0.2, 0) is 9.84 Å². The maximum absolute atomic E-state index is 11.3. The number of rotatable bonds is 1. The van der Waals surface area contributed by atoms with Gasteiger partial charge in [-0.15, -0.1) is 0 Å². The maximum Gasteiger partial charge on any atom is 0.152 e. The van der Waals surface area contributed by atoms with Crippen molar-refractivity contribution in [3.63, 3.8) is 0 Å². The molecule has 2 rings (SSSR count). The highest BCUT2D eigenvalue weighted by Crippen LogP contribution is 2.27. The fraction of sp³-hybridized carbons (Fsp3) is 0.667. The average Bonchev–Trinajstić information content (AvgIpc) is 2.62. The Morgan fingerprint density at radius 1 is 1.47 bits per heavy atom. The zero-order valence-electron chi connectivity index (χ0n) is 8.90. The molecule has 0 aromatic carbocycles. The van der Waals surface area contributed by atoms with Crippen LogP contribution in [0.5, 0.6) is 0 Å². The molecule has 0 radical (unpaired) electrons. The molecule has 0 aliphatic carbocycles. The van der Waals surface area contributed by atoms with E-state index in [0.717, 1.165) is 11.4 Å². The first-order chi connectivity index (χ1) is 6.91. The molecule has 1 aromatic heterocycles. The Hall–Kier alpha value is -1.04. The van der Waals surface area contributed by atoms with Gasteiger partial charge < -0.3 is 5.73 Å². The van der Waals surface area contributed by atoms with Gasteiger partial charge in [-0.05, 0) is 20.3 Å². The van der Waals surface area contributed by atoms with Gasteiger partial charge in [-0.1, -0.05) is 0 Å². The molecule has 1 aromatic rings. The van der Waals surface area contributed by atoms with Gasteiger partial charge in [0.05, 0.1) is 34.6 Å². The minimum Gasteiger partial charge on any atom is -0.396 e. The van der Waals surface area contributed by atoms with Gasteiger partial charge in [0.1, 0.15) is 0 Å². The molecule has 15 heavy (non-hydrogen) atoms. The summed E-state index contributed by atoms with van der Waals surface area (Å²) in [4.78, 5) is 0. The molecule has 0 spiro atoms. The molecule has 0 bridgehead atoms. The average molecular weight is 229 g/mol. The SMILES string of the molecule is Cc1nn(C2CCS(=O)(=O)C2)c(C)c1N. The van der Waals surface area contributed by atoms with Gasteiger partial charge >= 0.3 is 0 Å². The molecule has 1 aliphatic rings. The predicted octanol–water partition coefficient (Wildman–Crippen LogP) is 0.442. The number of anilines is 1. The largest absolute Gasteiger partial charge is 0.396 e. The molecule has 1 fully saturated rings. The summed E-state index contributed by atoms with van der Waals surface area (Å²) in [6.07, 6.45) is 0.643. The Bertz CT molecular complexity index is 490. The van der Waals surface area contributed by atoms with Crippen LogP contribution in [0.3, 0.4) is 0 Å². The van der Waals surface area contributed by atoms with Crippen LogP contribution in [-0.4, -0.2) is 29.7 Å². The number of aryl methyl sites for hydroxylation is 1. The van der Waals surface area contributed by atoms with E-state index < -0.39 is 9.84 Å². The van der Waals surface area contributed by atoms with Crippen LogP contribution in [0.4, 0.5) is 5.69 Å². The summed E-state index contributed by atoms with van der Waals surface area (Å²) in [7, 11) is -2.87. The van der Waals surface area contributed by atoms with Crippen LogP contribution in [0.15, 0.2) is 0 Å². The van der Waals surface area contributed by atoms with Gasteiger partial charge in [-0.2, -0.15) is 5.10 Å². The van der Waals surface area contributed by atoms with E-state index in [9.17, 15) is 8.42 Å². The standard InChI is InChI=1S/C9H15N3O2S/c1-6-9(10)7(2)12(11-6)8-3-4-15(13,14)5-8/h8H,3-5,10H2,1-2H3. The summed E-state index contributed by atoms with van der Waals surface area (Å²) in [5.41, 5.74) is 8.12. The topological polar surface area (TPSA) is 78.0 Å². The highest BCUT2D eigenvalue weighted by atomic mass is 32.2. The van der Waals surface area contributed by atoms with E-state index in [0.29, 0.717) is 12.1 Å². The van der Waals surface area contributed by atoms with Gasteiger partial charge in [0, 0.05) is 0 Å². The lowest BCUT2D eigenvalue weighted by atomic mass is 10.2. The lowest BCUT2D eigenvalue weighted by Gasteiger charge is -2.10. The van der Waals surface area contributed by atoms with E-state index in [-0.39, 0.29) is 17.5 Å². The van der Waals surface area contributed by atoms with Crippen molar-refractivity contribution in [2.24, 2.45) is 0 Å². The van der Waals surface area contributed by atoms with Crippen molar-refractivity contribution in [3.05, 3.63) is 11.4 Å². The number of aromatic nitrogens is 2. The molecule has 6 heteroatoms. The number of sulfone groups is 1. The Morgan fingerprint density at radius 3 is 2.53 bits per heavy atom. The molecule has 1 atom stereocenters. The van der Waals surface area contributed by atoms with Crippen molar-refractivity contribution < 1.29 is 8.42 Å². The first-order valence-corrected chi connectivity index (χ1v) is 6.74. The van der Waals surface area contributed by atoms with Crippen LogP contribution in [0.2, 0.25) is 0 Å². The van der Waals surface area contributed by atoms with E-state index in [1.165, 1.54) is 0 Å². The van der Waals surface area contributed by atoms with E-state index in [1.54, 1.807) is 4.68 Å². The number of nitrogens with zero attached hydrogens (tertiary/aromatic N) is 2. The molecular formula is C9H15N3O2S. The molecule has 0 saturated carbocycles. The minimum atomic E-state index is -2.87. The Morgan fingerprint density at radius 2 is 2.13 bits per heavy atom. The number of hydrogen-bond donors (Lipinski definition) is 1. The van der Waals surface area contributed by atoms with Crippen molar-refractivity contribution in [1.82, 2.24) is 9.78 Å². The van der Waals surface area contributed by atoms with Crippen LogP contribution < -0.4 is 5.73 Å². The molecule has 2 N–H and O–H groups in total. The summed E-state index contributed by atoms with van der Waals surface area (Å²) in [5.74, 6) is 0.449. The monoisotopic (exact) mass is 229 g/mol. The highest BCUT2D eigenvalue weighted by Gasteiger charge is 2.31. The van der Waals surface area contributed by atoms with Crippen LogP contribution in [0.1, 0.15) is 23.9 Å². The second kappa shape index (κ2) is 3.23. The number of hydrogen-bond acceptors (Lipinski definition) is 4. The molecule has 1 aliphatic heterocycles. The Kier molecular flexibility index (Phi) is 2.26. The fourth-order valence-corrected chi connectivity index (χ4v) is 3.69. The summed E-state index contributed by atoms with van der Waals surface area (Å²) in [6, 6.07) is -0.0361. The van der Waals surface area contributed by atoms with Crippen LogP contribution in [0, 0.1) is 13.8 Å². The molecule has 5 nitrogen and oxygen atoms in total. The van der Waals surface area contributed by atoms with Gasteiger partial charge in [0.2, 0.25) is 0 Å². The lowest BCUT2D eigenvalue weighted by molar-refractivity contribution is 0.486. The number of nitrogens with two attached hydrogens (primary N) is 1. The van der Waals surface area contributed by atoms with Gasteiger partial charge in [-0.3, -0.25) is 4.68 Å². The summed E-state index contributed by atoms with van der Waals surface area (Å²) in [6.45, 7) is 3.71. The quantitative estimate of drug-likeness (QED) is 0.758. The zero-order valence-corrected chi connectivity index (χ0v) is 9.71. The Balaban J connectivity index is 2.36. The van der Waals surface area contributed by atoms with Crippen LogP contribution in [0.25, 0.3) is 0 Å². The highest BCUT2D eigenvalue weighted by molar-refractivity contribution is 7.91. The van der Waals surface area contributed by atoms with E-state index in [1.807, 2.05) is 13.8 Å². The molecule has 2 heterocycles. The molecular weight excluding hydrogens is 214 g/mol. The first kappa shape index (κ1) is 10.5. The second-order valence-electron chi connectivity index (χ2n) is 4.09. The van der Waals surface area contributed by atoms with E-state index in [2.05, 4.69) is 5.10 Å². The Labute approximate surface area is 89.2 Å². The minimum absolute atomic E-state index is 0.0361. The third-order valence-electron chi connectivity index (χ3n) is 2.94. The maximum atomic E-state index is 11.3. The molecule has 1 unspecified atom stereocenters. The normalized spacial score (nSPS) is 24.5. The third kappa shape index (κ3) is 1.73. The molecule has 0 amide bonds. The third-order valence-corrected chi connectivity index (χ3v) is 4.69. The lowest BCUT2D eigenvalue weighted by Crippen LogP contribution is -2.14. The van der Waals surface area contributed by atoms with Crippen molar-refractivity contribution in [1.29, 1.82) is 0 Å². The predicted molar refractivity (Wildman–Crippen MR) is 58.4 cm³/mol. The second-order valence-corrected chi connectivity index (χ2v) is 6.31. The van der Waals surface area contributed by atoms with Gasteiger partial charge in [0.15, 0.2) is 9.84 Å². The zero-order chi connectivity index (χ0) is 11.2. The molecule has 1 saturated heterocycles. The van der Waals surface area contributed by atoms with Crippen molar-refractivity contribution >= 4 is 15.5 Å². The van der Waals surface area contributed by atoms with Crippen LogP contribution >= 0.6 is 0 Å². The van der Waals surface area contributed by atoms with Crippen molar-refractivity contribution in [2.75, 3.05) is 17.2 Å². The molecule has 84 valence electrons. The van der Waals surface area contributed by atoms with Gasteiger partial charge in [-0.25, -0.2) is 8.42 Å².